The van der Waals surface area contributed by atoms with Crippen molar-refractivity contribution in [3.63, 3.8) is 0 Å². The molecule has 0 bridgehead atoms. The first-order valence-corrected chi connectivity index (χ1v) is 6.68. The van der Waals surface area contributed by atoms with E-state index in [4.69, 9.17) is 0 Å². The highest BCUT2D eigenvalue weighted by molar-refractivity contribution is 6.04. The number of nitrogens with zero attached hydrogens (tertiary/aromatic N) is 4. The number of hydrogen-bond donors (Lipinski definition) is 3. The third-order valence-corrected chi connectivity index (χ3v) is 3.06. The van der Waals surface area contributed by atoms with Crippen LogP contribution in [0.1, 0.15) is 21.9 Å². The van der Waals surface area contributed by atoms with Gasteiger partial charge in [-0.25, -0.2) is 4.39 Å². The van der Waals surface area contributed by atoms with Gasteiger partial charge >= 0.3 is 5.69 Å². The molecular weight excluding hydrogens is 321 g/mol. The number of aromatic amines is 2. The maximum Gasteiger partial charge on any atom is 0.319 e. The monoisotopic (exact) mass is 331 g/mol. The van der Waals surface area contributed by atoms with Crippen molar-refractivity contribution in [1.29, 1.82) is 0 Å². The number of H-pyrrole nitrogens is 2. The minimum Gasteiger partial charge on any atom is -0.288 e. The van der Waals surface area contributed by atoms with Crippen LogP contribution in [0.5, 0.6) is 0 Å². The highest BCUT2D eigenvalue weighted by Crippen LogP contribution is 2.16. The lowest BCUT2D eigenvalue weighted by molar-refractivity contribution is -0.385. The lowest BCUT2D eigenvalue weighted by Crippen LogP contribution is -2.15. The van der Waals surface area contributed by atoms with Gasteiger partial charge in [-0.15, -0.1) is 5.10 Å². The van der Waals surface area contributed by atoms with Gasteiger partial charge in [-0.05, 0) is 17.7 Å². The second kappa shape index (κ2) is 6.24. The van der Waals surface area contributed by atoms with Crippen LogP contribution < -0.4 is 5.32 Å². The molecule has 0 atom stereocenters. The van der Waals surface area contributed by atoms with Gasteiger partial charge in [0.05, 0.1) is 4.92 Å². The molecule has 0 saturated heterocycles. The number of hydrogen-bond acceptors (Lipinski definition) is 6. The molecule has 0 aliphatic rings. The van der Waals surface area contributed by atoms with Crippen LogP contribution in [-0.2, 0) is 6.42 Å². The smallest absolute Gasteiger partial charge is 0.288 e. The van der Waals surface area contributed by atoms with Gasteiger partial charge < -0.3 is 0 Å². The predicted octanol–water partition coefficient (Wildman–Crippen LogP) is 1.42. The minimum absolute atomic E-state index is 0.0599. The van der Waals surface area contributed by atoms with Crippen LogP contribution in [0.25, 0.3) is 0 Å². The number of nitrogens with one attached hydrogen (secondary N) is 3. The van der Waals surface area contributed by atoms with Crippen LogP contribution in [0.2, 0.25) is 0 Å². The molecule has 0 aliphatic carbocycles. The zero-order valence-corrected chi connectivity index (χ0v) is 12.0. The van der Waals surface area contributed by atoms with Crippen molar-refractivity contribution in [2.24, 2.45) is 0 Å². The molecule has 3 aromatic rings. The van der Waals surface area contributed by atoms with Crippen molar-refractivity contribution in [1.82, 2.24) is 25.4 Å². The Balaban J connectivity index is 1.71. The number of carbonyl (C=O) groups excluding carboxylic acids is 1. The molecule has 1 amide bonds. The number of rotatable bonds is 5. The van der Waals surface area contributed by atoms with Gasteiger partial charge in [-0.1, -0.05) is 12.1 Å². The standard InChI is InChI=1S/C13H10FN7O3/c14-8-3-1-2-7(4-8)5-10-16-13(20-18-10)17-12(22)11-9(21(23)24)6-15-19-11/h1-4,6H,5H2,(H,15,19)(H2,16,17,18,20,22). The van der Waals surface area contributed by atoms with Gasteiger partial charge in [-0.2, -0.15) is 10.1 Å². The van der Waals surface area contributed by atoms with Gasteiger partial charge in [0.1, 0.15) is 17.8 Å². The predicted molar refractivity (Wildman–Crippen MR) is 78.8 cm³/mol. The van der Waals surface area contributed by atoms with E-state index in [0.717, 1.165) is 6.20 Å². The summed E-state index contributed by atoms with van der Waals surface area (Å²) in [5, 5.41) is 25.2. The number of amides is 1. The number of carbonyl (C=O) groups is 1. The van der Waals surface area contributed by atoms with E-state index in [2.05, 4.69) is 30.7 Å². The summed E-state index contributed by atoms with van der Waals surface area (Å²) in [6.45, 7) is 0. The van der Waals surface area contributed by atoms with Gasteiger partial charge in [0, 0.05) is 6.42 Å². The summed E-state index contributed by atoms with van der Waals surface area (Å²) in [6, 6.07) is 5.97. The van der Waals surface area contributed by atoms with Crippen molar-refractivity contribution in [2.75, 3.05) is 5.32 Å². The van der Waals surface area contributed by atoms with Gasteiger partial charge in [0.15, 0.2) is 0 Å². The van der Waals surface area contributed by atoms with Crippen molar-refractivity contribution < 1.29 is 14.1 Å². The summed E-state index contributed by atoms with van der Waals surface area (Å²) in [7, 11) is 0. The van der Waals surface area contributed by atoms with E-state index in [1.165, 1.54) is 12.1 Å². The Hall–Kier alpha value is -3.63. The molecule has 0 saturated carbocycles. The Morgan fingerprint density at radius 2 is 2.21 bits per heavy atom. The minimum atomic E-state index is -0.796. The van der Waals surface area contributed by atoms with Crippen LogP contribution in [0, 0.1) is 15.9 Å². The van der Waals surface area contributed by atoms with Crippen molar-refractivity contribution in [3.8, 4) is 0 Å². The molecule has 2 aromatic heterocycles. The van der Waals surface area contributed by atoms with Crippen molar-refractivity contribution in [2.45, 2.75) is 6.42 Å². The molecule has 2 heterocycles. The third-order valence-electron chi connectivity index (χ3n) is 3.06. The molecule has 11 heteroatoms. The van der Waals surface area contributed by atoms with E-state index in [0.29, 0.717) is 11.4 Å². The van der Waals surface area contributed by atoms with Crippen LogP contribution in [0.4, 0.5) is 16.0 Å². The molecule has 0 fully saturated rings. The van der Waals surface area contributed by atoms with Crippen molar-refractivity contribution in [3.05, 3.63) is 63.5 Å². The first-order chi connectivity index (χ1) is 11.5. The van der Waals surface area contributed by atoms with E-state index in [-0.39, 0.29) is 23.9 Å². The number of anilines is 1. The Labute approximate surface area is 133 Å². The van der Waals surface area contributed by atoms with Gasteiger partial charge in [0.25, 0.3) is 5.91 Å². The van der Waals surface area contributed by atoms with Gasteiger partial charge in [0.2, 0.25) is 11.6 Å². The van der Waals surface area contributed by atoms with E-state index in [9.17, 15) is 19.3 Å². The highest BCUT2D eigenvalue weighted by Gasteiger charge is 2.23. The highest BCUT2D eigenvalue weighted by atomic mass is 19.1. The first-order valence-electron chi connectivity index (χ1n) is 6.68. The SMILES string of the molecule is O=C(Nc1n[nH]c(Cc2cccc(F)c2)n1)c1[nH]ncc1[N+](=O)[O-]. The van der Waals surface area contributed by atoms with E-state index in [1.54, 1.807) is 12.1 Å². The number of nitro groups is 1. The number of benzene rings is 1. The zero-order chi connectivity index (χ0) is 17.1. The Kier molecular flexibility index (Phi) is 3.97. The zero-order valence-electron chi connectivity index (χ0n) is 12.0. The lowest BCUT2D eigenvalue weighted by atomic mass is 10.1. The summed E-state index contributed by atoms with van der Waals surface area (Å²) < 4.78 is 13.1. The fourth-order valence-corrected chi connectivity index (χ4v) is 2.02. The average Bonchev–Trinajstić information content (AvgIpc) is 3.16. The molecular formula is C13H10FN7O3. The van der Waals surface area contributed by atoms with E-state index >= 15 is 0 Å². The number of halogens is 1. The average molecular weight is 331 g/mol. The van der Waals surface area contributed by atoms with Crippen LogP contribution in [0.3, 0.4) is 0 Å². The Bertz CT molecular complexity index is 904. The molecule has 3 rings (SSSR count). The topological polar surface area (TPSA) is 142 Å². The fraction of sp³-hybridized carbons (Fsp3) is 0.0769. The molecule has 10 nitrogen and oxygen atoms in total. The van der Waals surface area contributed by atoms with Crippen LogP contribution in [-0.4, -0.2) is 36.2 Å². The molecule has 24 heavy (non-hydrogen) atoms. The third kappa shape index (κ3) is 3.24. The fourth-order valence-electron chi connectivity index (χ4n) is 2.02. The first kappa shape index (κ1) is 15.3. The Morgan fingerprint density at radius 3 is 2.96 bits per heavy atom. The normalized spacial score (nSPS) is 10.5. The molecule has 1 aromatic carbocycles. The molecule has 122 valence electrons. The molecule has 0 radical (unpaired) electrons. The summed E-state index contributed by atoms with van der Waals surface area (Å²) in [5.74, 6) is -0.826. The molecule has 0 aliphatic heterocycles. The molecule has 3 N–H and O–H groups in total. The summed E-state index contributed by atoms with van der Waals surface area (Å²) in [5.41, 5.74) is -0.0901. The second-order valence-electron chi connectivity index (χ2n) is 4.75. The van der Waals surface area contributed by atoms with Crippen LogP contribution in [0.15, 0.2) is 30.5 Å². The molecule has 0 spiro atoms. The maximum atomic E-state index is 13.1. The van der Waals surface area contributed by atoms with E-state index < -0.39 is 16.5 Å². The summed E-state index contributed by atoms with van der Waals surface area (Å²) >= 11 is 0. The summed E-state index contributed by atoms with van der Waals surface area (Å²) in [6.07, 6.45) is 1.22. The maximum absolute atomic E-state index is 13.1. The van der Waals surface area contributed by atoms with Crippen LogP contribution >= 0.6 is 0 Å². The van der Waals surface area contributed by atoms with Gasteiger partial charge in [-0.3, -0.25) is 30.4 Å². The van der Waals surface area contributed by atoms with E-state index in [1.807, 2.05) is 0 Å². The quantitative estimate of drug-likeness (QED) is 0.476. The molecule has 0 unspecified atom stereocenters. The Morgan fingerprint density at radius 1 is 1.38 bits per heavy atom. The van der Waals surface area contributed by atoms with Crippen molar-refractivity contribution >= 4 is 17.5 Å². The number of aromatic nitrogens is 5. The lowest BCUT2D eigenvalue weighted by Gasteiger charge is -1.98. The summed E-state index contributed by atoms with van der Waals surface area (Å²) in [4.78, 5) is 26.1. The largest absolute Gasteiger partial charge is 0.319 e. The second-order valence-corrected chi connectivity index (χ2v) is 4.75.